The molecular formula is C28H22F4N4O2S. The number of aromatic nitrogens is 1. The first kappa shape index (κ1) is 26.6. The normalized spacial score (nSPS) is 16.4. The van der Waals surface area contributed by atoms with Gasteiger partial charge in [-0.05, 0) is 67.7 Å². The summed E-state index contributed by atoms with van der Waals surface area (Å²) in [6, 6.07) is 14.4. The summed E-state index contributed by atoms with van der Waals surface area (Å²) in [7, 11) is 0. The Hall–Kier alpha value is -4.04. The number of nitriles is 1. The van der Waals surface area contributed by atoms with E-state index in [0.29, 0.717) is 25.7 Å². The van der Waals surface area contributed by atoms with Gasteiger partial charge in [-0.15, -0.1) is 0 Å². The van der Waals surface area contributed by atoms with Crippen molar-refractivity contribution in [2.75, 3.05) is 16.4 Å². The summed E-state index contributed by atoms with van der Waals surface area (Å²) in [6.07, 6.45) is -2.05. The zero-order chi connectivity index (χ0) is 27.9. The van der Waals surface area contributed by atoms with Gasteiger partial charge < -0.3 is 9.64 Å². The van der Waals surface area contributed by atoms with Gasteiger partial charge in [0.2, 0.25) is 0 Å². The third-order valence-electron chi connectivity index (χ3n) is 7.22. The van der Waals surface area contributed by atoms with Crippen LogP contribution in [-0.2, 0) is 17.4 Å². The van der Waals surface area contributed by atoms with Crippen molar-refractivity contribution in [2.24, 2.45) is 0 Å². The van der Waals surface area contributed by atoms with Gasteiger partial charge >= 0.3 is 6.18 Å². The van der Waals surface area contributed by atoms with E-state index in [0.717, 1.165) is 28.3 Å². The maximum Gasteiger partial charge on any atom is 0.421 e. The summed E-state index contributed by atoms with van der Waals surface area (Å²) < 4.78 is 62.8. The Bertz CT molecular complexity index is 1510. The standard InChI is InChI=1S/C28H22F4N4O2S/c1-17-5-2-3-6-18(17)10-14-38-23-8-7-19(15-20(23)29)36-26(39)35(25(37)27(36)11-4-12-27)22-9-13-34-21(16-33)24(22)28(30,31)32/h2-3,5-9,13,15H,4,10-12,14H2,1H3. The quantitative estimate of drug-likeness (QED) is 0.271. The van der Waals surface area contributed by atoms with E-state index in [1.54, 1.807) is 0 Å². The van der Waals surface area contributed by atoms with Crippen LogP contribution in [0.1, 0.15) is 41.6 Å². The van der Waals surface area contributed by atoms with Crippen LogP contribution in [0.3, 0.4) is 0 Å². The lowest BCUT2D eigenvalue weighted by molar-refractivity contribution is -0.137. The predicted octanol–water partition coefficient (Wildman–Crippen LogP) is 6.10. The smallest absolute Gasteiger partial charge is 0.421 e. The Balaban J connectivity index is 1.45. The Labute approximate surface area is 227 Å². The number of carbonyl (C=O) groups is 1. The molecule has 2 aromatic carbocycles. The second-order valence-corrected chi connectivity index (χ2v) is 9.81. The molecule has 1 amide bonds. The number of thiocarbonyl (C=S) groups is 1. The molecule has 39 heavy (non-hydrogen) atoms. The minimum Gasteiger partial charge on any atom is -0.490 e. The topological polar surface area (TPSA) is 69.5 Å². The molecule has 2 fully saturated rings. The predicted molar refractivity (Wildman–Crippen MR) is 140 cm³/mol. The lowest BCUT2D eigenvalue weighted by atomic mass is 9.75. The van der Waals surface area contributed by atoms with Gasteiger partial charge in [0.1, 0.15) is 17.2 Å². The van der Waals surface area contributed by atoms with Crippen LogP contribution in [0.4, 0.5) is 28.9 Å². The van der Waals surface area contributed by atoms with E-state index in [-0.39, 0.29) is 23.2 Å². The second kappa shape index (κ2) is 9.93. The molecule has 0 atom stereocenters. The molecule has 1 saturated heterocycles. The first-order valence-electron chi connectivity index (χ1n) is 12.2. The number of carbonyl (C=O) groups excluding carboxylic acids is 1. The minimum atomic E-state index is -4.96. The average Bonchev–Trinajstić information content (AvgIpc) is 3.11. The molecule has 1 aliphatic heterocycles. The molecule has 0 N–H and O–H groups in total. The van der Waals surface area contributed by atoms with Gasteiger partial charge in [-0.25, -0.2) is 9.37 Å². The van der Waals surface area contributed by atoms with Crippen LogP contribution in [0.2, 0.25) is 0 Å². The lowest BCUT2D eigenvalue weighted by Gasteiger charge is -2.43. The van der Waals surface area contributed by atoms with Crippen LogP contribution in [-0.4, -0.2) is 28.1 Å². The molecule has 11 heteroatoms. The van der Waals surface area contributed by atoms with Crippen LogP contribution >= 0.6 is 12.2 Å². The minimum absolute atomic E-state index is 0.00967. The molecule has 0 radical (unpaired) electrons. The number of halogens is 4. The zero-order valence-electron chi connectivity index (χ0n) is 20.8. The van der Waals surface area contributed by atoms with Crippen molar-refractivity contribution >= 4 is 34.6 Å². The number of ether oxygens (including phenoxy) is 1. The second-order valence-electron chi connectivity index (χ2n) is 9.45. The van der Waals surface area contributed by atoms with Crippen molar-refractivity contribution in [3.05, 3.63) is 82.9 Å². The van der Waals surface area contributed by atoms with Crippen LogP contribution in [0.25, 0.3) is 0 Å². The molecule has 2 heterocycles. The molecule has 5 rings (SSSR count). The highest BCUT2D eigenvalue weighted by Gasteiger charge is 2.60. The van der Waals surface area contributed by atoms with Gasteiger partial charge in [0, 0.05) is 24.4 Å². The number of rotatable bonds is 6. The highest BCUT2D eigenvalue weighted by atomic mass is 32.1. The van der Waals surface area contributed by atoms with Gasteiger partial charge in [-0.1, -0.05) is 24.3 Å². The van der Waals surface area contributed by atoms with E-state index in [2.05, 4.69) is 4.98 Å². The van der Waals surface area contributed by atoms with Crippen molar-refractivity contribution < 1.29 is 27.1 Å². The number of hydrogen-bond donors (Lipinski definition) is 0. The van der Waals surface area contributed by atoms with Gasteiger partial charge in [0.05, 0.1) is 12.3 Å². The Morgan fingerprint density at radius 3 is 2.54 bits per heavy atom. The highest BCUT2D eigenvalue weighted by molar-refractivity contribution is 7.81. The average molecular weight is 555 g/mol. The summed E-state index contributed by atoms with van der Waals surface area (Å²) in [4.78, 5) is 19.4. The van der Waals surface area contributed by atoms with E-state index in [4.69, 9.17) is 17.0 Å². The third kappa shape index (κ3) is 4.48. The first-order valence-corrected chi connectivity index (χ1v) is 12.6. The summed E-state index contributed by atoms with van der Waals surface area (Å²) >= 11 is 5.53. The fourth-order valence-electron chi connectivity index (χ4n) is 5.10. The molecule has 3 aromatic rings. The third-order valence-corrected chi connectivity index (χ3v) is 7.58. The molecule has 6 nitrogen and oxygen atoms in total. The van der Waals surface area contributed by atoms with Crippen molar-refractivity contribution in [1.29, 1.82) is 5.26 Å². The summed E-state index contributed by atoms with van der Waals surface area (Å²) in [6.45, 7) is 2.22. The molecular weight excluding hydrogens is 532 g/mol. The van der Waals surface area contributed by atoms with Gasteiger partial charge in [-0.2, -0.15) is 18.4 Å². The van der Waals surface area contributed by atoms with Crippen molar-refractivity contribution in [3.63, 3.8) is 0 Å². The number of nitrogens with zero attached hydrogens (tertiary/aromatic N) is 4. The molecule has 1 aliphatic carbocycles. The van der Waals surface area contributed by atoms with Crippen molar-refractivity contribution in [2.45, 2.75) is 44.3 Å². The molecule has 1 aromatic heterocycles. The van der Waals surface area contributed by atoms with E-state index in [1.165, 1.54) is 29.2 Å². The van der Waals surface area contributed by atoms with Crippen LogP contribution in [0.5, 0.6) is 5.75 Å². The van der Waals surface area contributed by atoms with Gasteiger partial charge in [0.15, 0.2) is 22.4 Å². The number of benzene rings is 2. The number of hydrogen-bond acceptors (Lipinski definition) is 5. The maximum atomic E-state index is 15.2. The lowest BCUT2D eigenvalue weighted by Crippen LogP contribution is -2.55. The number of aryl methyl sites for hydroxylation is 1. The van der Waals surface area contributed by atoms with Gasteiger partial charge in [0.25, 0.3) is 5.91 Å². The van der Waals surface area contributed by atoms with E-state index in [9.17, 15) is 23.2 Å². The number of pyridine rings is 1. The summed E-state index contributed by atoms with van der Waals surface area (Å²) in [5, 5.41) is 9.03. The Morgan fingerprint density at radius 1 is 1.18 bits per heavy atom. The maximum absolute atomic E-state index is 15.2. The monoisotopic (exact) mass is 554 g/mol. The van der Waals surface area contributed by atoms with Crippen LogP contribution in [0, 0.1) is 24.1 Å². The Morgan fingerprint density at radius 2 is 1.92 bits per heavy atom. The van der Waals surface area contributed by atoms with E-state index < -0.39 is 40.4 Å². The van der Waals surface area contributed by atoms with Crippen molar-refractivity contribution in [1.82, 2.24) is 4.98 Å². The largest absolute Gasteiger partial charge is 0.490 e. The summed E-state index contributed by atoms with van der Waals surface area (Å²) in [5.41, 5.74) is -1.62. The molecule has 0 unspecified atom stereocenters. The molecule has 0 bridgehead atoms. The number of alkyl halides is 3. The zero-order valence-corrected chi connectivity index (χ0v) is 21.6. The molecule has 1 spiro atoms. The van der Waals surface area contributed by atoms with E-state index in [1.807, 2.05) is 31.2 Å². The number of amides is 1. The number of anilines is 2. The van der Waals surface area contributed by atoms with Crippen LogP contribution < -0.4 is 14.5 Å². The molecule has 200 valence electrons. The summed E-state index contributed by atoms with van der Waals surface area (Å²) in [5.74, 6) is -1.33. The Kier molecular flexibility index (Phi) is 6.76. The highest BCUT2D eigenvalue weighted by Crippen LogP contribution is 2.50. The SMILES string of the molecule is Cc1ccccc1CCOc1ccc(N2C(=S)N(c3ccnc(C#N)c3C(F)(F)F)C(=O)C23CCC3)cc1F. The fraction of sp³-hybridized carbons (Fsp3) is 0.286. The fourth-order valence-corrected chi connectivity index (χ4v) is 5.56. The van der Waals surface area contributed by atoms with E-state index >= 15 is 4.39 Å². The molecule has 2 aliphatic rings. The van der Waals surface area contributed by atoms with Crippen LogP contribution in [0.15, 0.2) is 54.7 Å². The molecule has 1 saturated carbocycles. The van der Waals surface area contributed by atoms with Gasteiger partial charge in [-0.3, -0.25) is 9.69 Å². The van der Waals surface area contributed by atoms with Crippen molar-refractivity contribution in [3.8, 4) is 11.8 Å². The first-order chi connectivity index (χ1) is 18.6.